The van der Waals surface area contributed by atoms with Gasteiger partial charge in [-0.05, 0) is 46.5 Å². The maximum absolute atomic E-state index is 13.4. The second kappa shape index (κ2) is 13.1. The van der Waals surface area contributed by atoms with Gasteiger partial charge < -0.3 is 26.2 Å². The molecule has 5 N–H and O–H groups in total. The van der Waals surface area contributed by atoms with Crippen molar-refractivity contribution in [1.29, 1.82) is 0 Å². The highest BCUT2D eigenvalue weighted by Crippen LogP contribution is 2.31. The van der Waals surface area contributed by atoms with Gasteiger partial charge >= 0.3 is 11.9 Å². The van der Waals surface area contributed by atoms with Gasteiger partial charge in [0.2, 0.25) is 11.8 Å². The fraction of sp³-hybridized carbons (Fsp3) is 0.840. The van der Waals surface area contributed by atoms with Crippen LogP contribution in [0.25, 0.3) is 0 Å². The third kappa shape index (κ3) is 7.96. The zero-order valence-corrected chi connectivity index (χ0v) is 21.6. The van der Waals surface area contributed by atoms with E-state index in [1.807, 2.05) is 6.92 Å². The average molecular weight is 484 g/mol. The highest BCUT2D eigenvalue weighted by atomic mass is 16.6. The number of esters is 1. The van der Waals surface area contributed by atoms with Gasteiger partial charge in [0, 0.05) is 12.3 Å². The summed E-state index contributed by atoms with van der Waals surface area (Å²) in [7, 11) is 0. The Kier molecular flexibility index (Phi) is 11.5. The van der Waals surface area contributed by atoms with Crippen LogP contribution in [0.1, 0.15) is 105 Å². The first-order chi connectivity index (χ1) is 15.8. The number of carbonyl (C=O) groups is 4. The molecule has 1 aliphatic carbocycles. The highest BCUT2D eigenvalue weighted by Gasteiger charge is 2.61. The minimum atomic E-state index is -2.26. The van der Waals surface area contributed by atoms with Gasteiger partial charge in [0.1, 0.15) is 5.60 Å². The Hall–Kier alpha value is -2.16. The van der Waals surface area contributed by atoms with Crippen molar-refractivity contribution in [3.05, 3.63) is 0 Å². The van der Waals surface area contributed by atoms with Crippen LogP contribution < -0.4 is 16.4 Å². The summed E-state index contributed by atoms with van der Waals surface area (Å²) >= 11 is 0. The summed E-state index contributed by atoms with van der Waals surface area (Å²) in [5, 5.41) is 15.7. The molecule has 2 atom stereocenters. The van der Waals surface area contributed by atoms with Gasteiger partial charge in [-0.25, -0.2) is 9.59 Å². The number of hydrogen-bond acceptors (Lipinski definition) is 6. The monoisotopic (exact) mass is 483 g/mol. The molecule has 1 rings (SSSR count). The number of ether oxygens (including phenoxy) is 1. The van der Waals surface area contributed by atoms with Crippen molar-refractivity contribution in [2.24, 2.45) is 11.7 Å². The molecule has 0 radical (unpaired) electrons. The van der Waals surface area contributed by atoms with Crippen molar-refractivity contribution in [2.75, 3.05) is 6.54 Å². The van der Waals surface area contributed by atoms with E-state index in [-0.39, 0.29) is 24.7 Å². The predicted molar refractivity (Wildman–Crippen MR) is 130 cm³/mol. The zero-order chi connectivity index (χ0) is 26.0. The minimum Gasteiger partial charge on any atom is -0.479 e. The van der Waals surface area contributed by atoms with E-state index in [4.69, 9.17) is 10.5 Å². The van der Waals surface area contributed by atoms with E-state index in [0.29, 0.717) is 25.7 Å². The number of aliphatic carboxylic acids is 1. The molecule has 196 valence electrons. The van der Waals surface area contributed by atoms with Crippen LogP contribution in [0.2, 0.25) is 0 Å². The molecule has 0 heterocycles. The number of nitrogens with one attached hydrogen (secondary N) is 2. The Morgan fingerprint density at radius 2 is 1.62 bits per heavy atom. The first-order valence-electron chi connectivity index (χ1n) is 12.7. The number of nitrogens with two attached hydrogens (primary N) is 1. The molecule has 9 heteroatoms. The molecule has 2 unspecified atom stereocenters. The number of carbonyl (C=O) groups excluding carboxylic acids is 3. The Labute approximate surface area is 203 Å². The summed E-state index contributed by atoms with van der Waals surface area (Å²) in [6.07, 6.45) is 7.06. The van der Waals surface area contributed by atoms with Gasteiger partial charge in [-0.2, -0.15) is 0 Å². The zero-order valence-electron chi connectivity index (χ0n) is 21.6. The topological polar surface area (TPSA) is 148 Å². The van der Waals surface area contributed by atoms with Gasteiger partial charge in [0.25, 0.3) is 0 Å². The van der Waals surface area contributed by atoms with E-state index in [1.54, 1.807) is 27.7 Å². The number of carboxylic acid groups (broad SMARTS) is 1. The summed E-state index contributed by atoms with van der Waals surface area (Å²) in [6.45, 7) is 8.26. The Balaban J connectivity index is 3.41. The Morgan fingerprint density at radius 3 is 2.12 bits per heavy atom. The summed E-state index contributed by atoms with van der Waals surface area (Å²) in [5.41, 5.74) is 1.32. The van der Waals surface area contributed by atoms with Gasteiger partial charge in [-0.3, -0.25) is 9.59 Å². The third-order valence-corrected chi connectivity index (χ3v) is 6.40. The molecular formula is C25H45N3O6. The molecule has 1 aliphatic rings. The number of rotatable bonds is 13. The third-order valence-electron chi connectivity index (χ3n) is 6.40. The second-order valence-electron chi connectivity index (χ2n) is 10.5. The molecule has 9 nitrogen and oxygen atoms in total. The quantitative estimate of drug-likeness (QED) is 0.232. The lowest BCUT2D eigenvalue weighted by atomic mass is 9.73. The Bertz CT molecular complexity index is 714. The summed E-state index contributed by atoms with van der Waals surface area (Å²) < 4.78 is 5.53. The molecule has 1 saturated carbocycles. The van der Waals surface area contributed by atoms with E-state index in [9.17, 15) is 24.3 Å². The number of unbranched alkanes of at least 4 members (excludes halogenated alkanes) is 2. The summed E-state index contributed by atoms with van der Waals surface area (Å²) in [6, 6.07) is 0. The lowest BCUT2D eigenvalue weighted by molar-refractivity contribution is -0.173. The highest BCUT2D eigenvalue weighted by molar-refractivity contribution is 5.98. The lowest BCUT2D eigenvalue weighted by Gasteiger charge is -2.45. The van der Waals surface area contributed by atoms with Crippen LogP contribution in [0.5, 0.6) is 0 Å². The normalized spacial score (nSPS) is 18.3. The molecule has 0 spiro atoms. The maximum atomic E-state index is 13.4. The molecule has 0 aromatic carbocycles. The van der Waals surface area contributed by atoms with Crippen LogP contribution in [0.4, 0.5) is 0 Å². The molecule has 1 fully saturated rings. The van der Waals surface area contributed by atoms with Crippen LogP contribution in [-0.4, -0.2) is 52.1 Å². The lowest BCUT2D eigenvalue weighted by Crippen LogP contribution is -2.79. The van der Waals surface area contributed by atoms with E-state index in [1.165, 1.54) is 0 Å². The van der Waals surface area contributed by atoms with E-state index < -0.39 is 41.1 Å². The molecule has 0 aliphatic heterocycles. The largest absolute Gasteiger partial charge is 0.479 e. The van der Waals surface area contributed by atoms with Crippen molar-refractivity contribution >= 4 is 23.8 Å². The smallest absolute Gasteiger partial charge is 0.333 e. The molecule has 0 aromatic rings. The van der Waals surface area contributed by atoms with Gasteiger partial charge in [-0.15, -0.1) is 0 Å². The van der Waals surface area contributed by atoms with E-state index in [2.05, 4.69) is 10.6 Å². The van der Waals surface area contributed by atoms with E-state index >= 15 is 0 Å². The second-order valence-corrected chi connectivity index (χ2v) is 10.5. The fourth-order valence-electron chi connectivity index (χ4n) is 4.42. The molecule has 0 saturated heterocycles. The van der Waals surface area contributed by atoms with Crippen molar-refractivity contribution in [1.82, 2.24) is 10.6 Å². The molecule has 0 aromatic heterocycles. The van der Waals surface area contributed by atoms with Crippen LogP contribution in [-0.2, 0) is 23.9 Å². The van der Waals surface area contributed by atoms with Gasteiger partial charge in [-0.1, -0.05) is 52.4 Å². The minimum absolute atomic E-state index is 0.0507. The number of hydrogen-bond donors (Lipinski definition) is 4. The van der Waals surface area contributed by atoms with Crippen LogP contribution in [0, 0.1) is 5.92 Å². The van der Waals surface area contributed by atoms with E-state index in [0.717, 1.165) is 32.1 Å². The predicted octanol–water partition coefficient (Wildman–Crippen LogP) is 3.04. The molecule has 0 bridgehead atoms. The van der Waals surface area contributed by atoms with Gasteiger partial charge in [0.15, 0.2) is 11.1 Å². The molecule has 2 amide bonds. The van der Waals surface area contributed by atoms with Crippen molar-refractivity contribution < 1.29 is 29.0 Å². The average Bonchev–Trinajstić information content (AvgIpc) is 2.75. The standard InChI is InChI=1S/C25H45N3O6/c1-6-8-10-15-19(29)27-17-25(21(31)32,28-20(30)18-13-11-9-12-14-18)24(26,16-7-2)22(33)34-23(3,4)5/h18H,6-17,26H2,1-5H3,(H,27,29)(H,28,30)(H,31,32). The summed E-state index contributed by atoms with van der Waals surface area (Å²) in [5.74, 6) is -3.58. The number of carboxylic acids is 1. The van der Waals surface area contributed by atoms with Crippen molar-refractivity contribution in [3.63, 3.8) is 0 Å². The van der Waals surface area contributed by atoms with Crippen LogP contribution in [0.15, 0.2) is 0 Å². The maximum Gasteiger partial charge on any atom is 0.333 e. The first kappa shape index (κ1) is 29.9. The van der Waals surface area contributed by atoms with Gasteiger partial charge in [0.05, 0.1) is 6.54 Å². The van der Waals surface area contributed by atoms with Crippen molar-refractivity contribution in [3.8, 4) is 0 Å². The first-order valence-corrected chi connectivity index (χ1v) is 12.7. The summed E-state index contributed by atoms with van der Waals surface area (Å²) in [4.78, 5) is 51.9. The fourth-order valence-corrected chi connectivity index (χ4v) is 4.42. The van der Waals surface area contributed by atoms with Crippen LogP contribution in [0.3, 0.4) is 0 Å². The Morgan fingerprint density at radius 1 is 1.00 bits per heavy atom. The SMILES string of the molecule is CCCCCC(=O)NCC(NC(=O)C1CCCCC1)(C(=O)O)C(N)(CCC)C(=O)OC(C)(C)C. The number of amides is 2. The molecular weight excluding hydrogens is 438 g/mol. The molecule has 34 heavy (non-hydrogen) atoms. The van der Waals surface area contributed by atoms with Crippen molar-refractivity contribution in [2.45, 2.75) is 122 Å². The van der Waals surface area contributed by atoms with Crippen LogP contribution >= 0.6 is 0 Å².